The van der Waals surface area contributed by atoms with Crippen LogP contribution in [-0.4, -0.2) is 40.0 Å². The average molecular weight is 545 g/mol. The Labute approximate surface area is 236 Å². The van der Waals surface area contributed by atoms with Crippen molar-refractivity contribution in [2.24, 2.45) is 5.92 Å². The van der Waals surface area contributed by atoms with Gasteiger partial charge in [-0.1, -0.05) is 78.9 Å². The smallest absolute Gasteiger partial charge is 0.407 e. The number of amides is 2. The molecule has 40 heavy (non-hydrogen) atoms. The number of fused-ring (bicyclic) bond motifs is 1. The number of carbonyl (C=O) groups excluding carboxylic acids is 2. The zero-order valence-corrected chi connectivity index (χ0v) is 23.5. The van der Waals surface area contributed by atoms with E-state index in [9.17, 15) is 19.8 Å². The predicted octanol–water partition coefficient (Wildman–Crippen LogP) is 4.64. The summed E-state index contributed by atoms with van der Waals surface area (Å²) in [5.74, 6) is -0.697. The first kappa shape index (κ1) is 29.3. The van der Waals surface area contributed by atoms with E-state index in [0.29, 0.717) is 19.3 Å². The van der Waals surface area contributed by atoms with Crippen molar-refractivity contribution in [3.8, 4) is 0 Å². The van der Waals surface area contributed by atoms with Gasteiger partial charge >= 0.3 is 6.09 Å². The fourth-order valence-corrected chi connectivity index (χ4v) is 5.25. The summed E-state index contributed by atoms with van der Waals surface area (Å²) in [6, 6.07) is 24.6. The summed E-state index contributed by atoms with van der Waals surface area (Å²) < 4.78 is 5.42. The molecule has 0 saturated carbocycles. The Kier molecular flexibility index (Phi) is 9.61. The third kappa shape index (κ3) is 8.16. The predicted molar refractivity (Wildman–Crippen MR) is 155 cm³/mol. The molecule has 2 amide bonds. The zero-order valence-electron chi connectivity index (χ0n) is 23.5. The molecular weight excluding hydrogens is 504 g/mol. The zero-order chi connectivity index (χ0) is 28.7. The van der Waals surface area contributed by atoms with Crippen molar-refractivity contribution < 1.29 is 24.5 Å². The fraction of sp³-hybridized carbons (Fsp3) is 0.394. The van der Waals surface area contributed by atoms with Crippen LogP contribution >= 0.6 is 0 Å². The SMILES string of the molecule is CC(C)(C)NC(=O)OCc1ccccc1C[C@@H](O)C[C@H](Cc1ccccc1)C(=O)N[C@@H]1c2ccccc2C[C@H]1O. The van der Waals surface area contributed by atoms with Gasteiger partial charge in [0.15, 0.2) is 0 Å². The van der Waals surface area contributed by atoms with Gasteiger partial charge in [0.05, 0.1) is 18.2 Å². The number of hydrogen-bond acceptors (Lipinski definition) is 5. The lowest BCUT2D eigenvalue weighted by atomic mass is 9.89. The second-order valence-electron chi connectivity index (χ2n) is 11.7. The summed E-state index contributed by atoms with van der Waals surface area (Å²) >= 11 is 0. The number of aliphatic hydroxyl groups excluding tert-OH is 2. The molecule has 0 unspecified atom stereocenters. The highest BCUT2D eigenvalue weighted by Crippen LogP contribution is 2.32. The minimum Gasteiger partial charge on any atom is -0.445 e. The first-order valence-electron chi connectivity index (χ1n) is 13.9. The molecule has 1 aliphatic rings. The average Bonchev–Trinajstić information content (AvgIpc) is 3.22. The van der Waals surface area contributed by atoms with E-state index in [1.54, 1.807) is 0 Å². The van der Waals surface area contributed by atoms with Gasteiger partial charge in [-0.2, -0.15) is 0 Å². The van der Waals surface area contributed by atoms with E-state index in [1.165, 1.54) is 0 Å². The number of ether oxygens (including phenoxy) is 1. The Hall–Kier alpha value is -3.68. The molecule has 0 heterocycles. The molecule has 7 nitrogen and oxygen atoms in total. The number of rotatable bonds is 10. The Bertz CT molecular complexity index is 1290. The molecule has 4 N–H and O–H groups in total. The third-order valence-corrected chi connectivity index (χ3v) is 7.16. The number of benzene rings is 3. The van der Waals surface area contributed by atoms with Gasteiger partial charge in [0, 0.05) is 17.9 Å². The van der Waals surface area contributed by atoms with Crippen molar-refractivity contribution in [3.05, 3.63) is 107 Å². The van der Waals surface area contributed by atoms with E-state index in [0.717, 1.165) is 27.8 Å². The summed E-state index contributed by atoms with van der Waals surface area (Å²) in [4.78, 5) is 25.8. The lowest BCUT2D eigenvalue weighted by molar-refractivity contribution is -0.127. The van der Waals surface area contributed by atoms with Crippen molar-refractivity contribution >= 4 is 12.0 Å². The Morgan fingerprint density at radius 1 is 0.925 bits per heavy atom. The van der Waals surface area contributed by atoms with Crippen LogP contribution in [0.4, 0.5) is 4.79 Å². The molecule has 4 atom stereocenters. The van der Waals surface area contributed by atoms with Gasteiger partial charge in [-0.05, 0) is 67.9 Å². The molecule has 0 bridgehead atoms. The maximum Gasteiger partial charge on any atom is 0.407 e. The van der Waals surface area contributed by atoms with E-state index >= 15 is 0 Å². The van der Waals surface area contributed by atoms with Crippen LogP contribution in [0.2, 0.25) is 0 Å². The van der Waals surface area contributed by atoms with Crippen LogP contribution in [0.5, 0.6) is 0 Å². The van der Waals surface area contributed by atoms with Crippen LogP contribution in [-0.2, 0) is 35.4 Å². The minimum atomic E-state index is -0.801. The summed E-state index contributed by atoms with van der Waals surface area (Å²) in [6.45, 7) is 5.73. The van der Waals surface area contributed by atoms with Crippen LogP contribution in [0.1, 0.15) is 61.1 Å². The fourth-order valence-electron chi connectivity index (χ4n) is 5.25. The summed E-state index contributed by atoms with van der Waals surface area (Å²) in [5.41, 5.74) is 4.23. The number of hydrogen-bond donors (Lipinski definition) is 4. The molecule has 3 aromatic rings. The lowest BCUT2D eigenvalue weighted by Gasteiger charge is -2.25. The molecule has 4 rings (SSSR count). The normalized spacial score (nSPS) is 17.9. The second kappa shape index (κ2) is 13.1. The van der Waals surface area contributed by atoms with Gasteiger partial charge in [-0.3, -0.25) is 4.79 Å². The highest BCUT2D eigenvalue weighted by atomic mass is 16.5. The van der Waals surface area contributed by atoms with Gasteiger partial charge in [0.25, 0.3) is 0 Å². The van der Waals surface area contributed by atoms with Crippen LogP contribution in [0.15, 0.2) is 78.9 Å². The molecule has 3 aromatic carbocycles. The minimum absolute atomic E-state index is 0.0811. The monoisotopic (exact) mass is 544 g/mol. The molecule has 0 aromatic heterocycles. The molecule has 7 heteroatoms. The largest absolute Gasteiger partial charge is 0.445 e. The van der Waals surface area contributed by atoms with E-state index in [-0.39, 0.29) is 18.9 Å². The summed E-state index contributed by atoms with van der Waals surface area (Å²) in [6.07, 6.45) is -0.473. The van der Waals surface area contributed by atoms with Crippen LogP contribution in [0.3, 0.4) is 0 Å². The molecule has 0 spiro atoms. The quantitative estimate of drug-likeness (QED) is 0.298. The van der Waals surface area contributed by atoms with Crippen LogP contribution in [0.25, 0.3) is 0 Å². The molecule has 212 valence electrons. The van der Waals surface area contributed by atoms with Crippen molar-refractivity contribution in [1.29, 1.82) is 0 Å². The van der Waals surface area contributed by atoms with E-state index in [4.69, 9.17) is 4.74 Å². The summed E-state index contributed by atoms with van der Waals surface area (Å²) in [5, 5.41) is 27.7. The molecule has 0 radical (unpaired) electrons. The second-order valence-corrected chi connectivity index (χ2v) is 11.7. The first-order valence-corrected chi connectivity index (χ1v) is 13.9. The summed E-state index contributed by atoms with van der Waals surface area (Å²) in [7, 11) is 0. The van der Waals surface area contributed by atoms with Crippen LogP contribution in [0, 0.1) is 5.92 Å². The molecule has 0 fully saturated rings. The number of nitrogens with one attached hydrogen (secondary N) is 2. The highest BCUT2D eigenvalue weighted by Gasteiger charge is 2.34. The molecule has 0 aliphatic heterocycles. The van der Waals surface area contributed by atoms with Gasteiger partial charge in [0.1, 0.15) is 6.61 Å². The number of aliphatic hydroxyl groups is 2. The first-order chi connectivity index (χ1) is 19.1. The van der Waals surface area contributed by atoms with Gasteiger partial charge < -0.3 is 25.6 Å². The Morgan fingerprint density at radius 2 is 1.57 bits per heavy atom. The Balaban J connectivity index is 1.44. The van der Waals surface area contributed by atoms with E-state index in [1.807, 2.05) is 99.6 Å². The molecule has 1 aliphatic carbocycles. The van der Waals surface area contributed by atoms with Gasteiger partial charge in [-0.15, -0.1) is 0 Å². The van der Waals surface area contributed by atoms with Crippen molar-refractivity contribution in [2.45, 2.75) is 76.9 Å². The number of alkyl carbamates (subject to hydrolysis) is 1. The van der Waals surface area contributed by atoms with Gasteiger partial charge in [0.2, 0.25) is 5.91 Å². The van der Waals surface area contributed by atoms with Gasteiger partial charge in [-0.25, -0.2) is 4.79 Å². The Morgan fingerprint density at radius 3 is 2.30 bits per heavy atom. The maximum atomic E-state index is 13.6. The van der Waals surface area contributed by atoms with E-state index in [2.05, 4.69) is 10.6 Å². The highest BCUT2D eigenvalue weighted by molar-refractivity contribution is 5.80. The topological polar surface area (TPSA) is 108 Å². The molecular formula is C33H40N2O5. The van der Waals surface area contributed by atoms with E-state index < -0.39 is 35.8 Å². The van der Waals surface area contributed by atoms with Crippen molar-refractivity contribution in [2.75, 3.05) is 0 Å². The van der Waals surface area contributed by atoms with Crippen molar-refractivity contribution in [1.82, 2.24) is 10.6 Å². The lowest BCUT2D eigenvalue weighted by Crippen LogP contribution is -2.40. The third-order valence-electron chi connectivity index (χ3n) is 7.16. The van der Waals surface area contributed by atoms with Crippen LogP contribution < -0.4 is 10.6 Å². The van der Waals surface area contributed by atoms with Crippen molar-refractivity contribution in [3.63, 3.8) is 0 Å². The molecule has 0 saturated heterocycles. The standard InChI is InChI=1S/C33H40N2O5/c1-33(2,3)35-32(39)40-21-25-15-8-7-13-23(25)18-27(36)19-26(17-22-11-5-4-6-12-22)31(38)34-30-28-16-10-9-14-24(28)20-29(30)37/h4-16,26-27,29-30,36-37H,17-21H2,1-3H3,(H,34,38)(H,35,39)/t26-,27+,29+,30+/m0/s1. The number of carbonyl (C=O) groups is 2. The maximum absolute atomic E-state index is 13.6.